The first-order valence-corrected chi connectivity index (χ1v) is 6.58. The fraction of sp³-hybridized carbons (Fsp3) is 0.462. The number of rotatable bonds is 5. The van der Waals surface area contributed by atoms with Crippen molar-refractivity contribution in [2.24, 2.45) is 5.92 Å². The molecule has 3 N–H and O–H groups in total. The standard InChI is InChI=1S/C13H16ClFN2O2/c14-10-4-3-9(5-11(10)15)12(7-18)17-13(19)16-6-8-1-2-8/h3-5,8,12,18H,1-2,6-7H2,(H2,16,17,19). The largest absolute Gasteiger partial charge is 0.394 e. The Labute approximate surface area is 116 Å². The van der Waals surface area contributed by atoms with Crippen molar-refractivity contribution < 1.29 is 14.3 Å². The van der Waals surface area contributed by atoms with Crippen molar-refractivity contribution in [3.63, 3.8) is 0 Å². The number of carbonyl (C=O) groups excluding carboxylic acids is 1. The van der Waals surface area contributed by atoms with Gasteiger partial charge in [0, 0.05) is 6.54 Å². The molecule has 1 aromatic carbocycles. The summed E-state index contributed by atoms with van der Waals surface area (Å²) < 4.78 is 13.3. The van der Waals surface area contributed by atoms with Crippen LogP contribution in [0.25, 0.3) is 0 Å². The number of carbonyl (C=O) groups is 1. The van der Waals surface area contributed by atoms with Crippen molar-refractivity contribution in [2.75, 3.05) is 13.2 Å². The summed E-state index contributed by atoms with van der Waals surface area (Å²) in [5.41, 5.74) is 0.478. The van der Waals surface area contributed by atoms with Crippen molar-refractivity contribution in [1.29, 1.82) is 0 Å². The van der Waals surface area contributed by atoms with Gasteiger partial charge < -0.3 is 15.7 Å². The molecule has 2 amide bonds. The molecule has 0 bridgehead atoms. The lowest BCUT2D eigenvalue weighted by molar-refractivity contribution is 0.216. The van der Waals surface area contributed by atoms with E-state index in [2.05, 4.69) is 10.6 Å². The molecule has 104 valence electrons. The Hall–Kier alpha value is -1.33. The molecule has 0 radical (unpaired) electrons. The first-order chi connectivity index (χ1) is 9.10. The zero-order chi connectivity index (χ0) is 13.8. The van der Waals surface area contributed by atoms with Crippen LogP contribution < -0.4 is 10.6 Å². The Bertz CT molecular complexity index is 466. The van der Waals surface area contributed by atoms with Crippen LogP contribution in [0.2, 0.25) is 5.02 Å². The van der Waals surface area contributed by atoms with Crippen molar-refractivity contribution in [3.05, 3.63) is 34.6 Å². The summed E-state index contributed by atoms with van der Waals surface area (Å²) in [5.74, 6) is 0.00380. The molecule has 1 unspecified atom stereocenters. The number of hydrogen-bond donors (Lipinski definition) is 3. The van der Waals surface area contributed by atoms with Gasteiger partial charge in [0.2, 0.25) is 0 Å². The van der Waals surface area contributed by atoms with E-state index >= 15 is 0 Å². The number of halogens is 2. The molecule has 0 aliphatic heterocycles. The third-order valence-electron chi connectivity index (χ3n) is 3.08. The van der Waals surface area contributed by atoms with Gasteiger partial charge in [-0.3, -0.25) is 0 Å². The maximum absolute atomic E-state index is 13.3. The molecule has 1 aliphatic rings. The molecule has 0 aromatic heterocycles. The first-order valence-electron chi connectivity index (χ1n) is 6.20. The Balaban J connectivity index is 1.93. The second-order valence-corrected chi connectivity index (χ2v) is 5.11. The fourth-order valence-corrected chi connectivity index (χ4v) is 1.85. The van der Waals surface area contributed by atoms with Gasteiger partial charge in [-0.2, -0.15) is 0 Å². The van der Waals surface area contributed by atoms with E-state index in [9.17, 15) is 14.3 Å². The van der Waals surface area contributed by atoms with Crippen molar-refractivity contribution in [2.45, 2.75) is 18.9 Å². The van der Waals surface area contributed by atoms with Gasteiger partial charge in [0.05, 0.1) is 17.7 Å². The van der Waals surface area contributed by atoms with Gasteiger partial charge in [0.15, 0.2) is 0 Å². The Morgan fingerprint density at radius 1 is 1.53 bits per heavy atom. The molecular weight excluding hydrogens is 271 g/mol. The number of nitrogens with one attached hydrogen (secondary N) is 2. The maximum Gasteiger partial charge on any atom is 0.315 e. The van der Waals surface area contributed by atoms with Crippen LogP contribution in [-0.2, 0) is 0 Å². The Kier molecular flexibility index (Phi) is 4.61. The van der Waals surface area contributed by atoms with Crippen LogP contribution in [0.1, 0.15) is 24.4 Å². The van der Waals surface area contributed by atoms with Gasteiger partial charge in [-0.05, 0) is 36.5 Å². The van der Waals surface area contributed by atoms with Gasteiger partial charge in [0.1, 0.15) is 5.82 Å². The third-order valence-corrected chi connectivity index (χ3v) is 3.39. The van der Waals surface area contributed by atoms with Crippen LogP contribution in [0.3, 0.4) is 0 Å². The van der Waals surface area contributed by atoms with E-state index in [4.69, 9.17) is 11.6 Å². The molecule has 1 saturated carbocycles. The highest BCUT2D eigenvalue weighted by Crippen LogP contribution is 2.27. The highest BCUT2D eigenvalue weighted by Gasteiger charge is 2.22. The van der Waals surface area contributed by atoms with E-state index in [1.54, 1.807) is 6.07 Å². The average molecular weight is 287 g/mol. The monoisotopic (exact) mass is 286 g/mol. The number of aliphatic hydroxyl groups excluding tert-OH is 1. The molecule has 0 heterocycles. The maximum atomic E-state index is 13.3. The predicted molar refractivity (Wildman–Crippen MR) is 70.5 cm³/mol. The molecule has 4 nitrogen and oxygen atoms in total. The lowest BCUT2D eigenvalue weighted by Gasteiger charge is -2.17. The summed E-state index contributed by atoms with van der Waals surface area (Å²) in [6, 6.07) is 3.18. The molecule has 6 heteroatoms. The highest BCUT2D eigenvalue weighted by atomic mass is 35.5. The van der Waals surface area contributed by atoms with Crippen LogP contribution in [0.15, 0.2) is 18.2 Å². The van der Waals surface area contributed by atoms with Gasteiger partial charge in [0.25, 0.3) is 0 Å². The molecule has 19 heavy (non-hydrogen) atoms. The highest BCUT2D eigenvalue weighted by molar-refractivity contribution is 6.30. The summed E-state index contributed by atoms with van der Waals surface area (Å²) in [7, 11) is 0. The zero-order valence-electron chi connectivity index (χ0n) is 10.3. The molecule has 0 saturated heterocycles. The molecule has 1 aliphatic carbocycles. The van der Waals surface area contributed by atoms with Gasteiger partial charge >= 0.3 is 6.03 Å². The summed E-state index contributed by atoms with van der Waals surface area (Å²) in [5, 5.41) is 14.6. The van der Waals surface area contributed by atoms with E-state index in [-0.39, 0.29) is 17.7 Å². The molecule has 1 aromatic rings. The lowest BCUT2D eigenvalue weighted by Crippen LogP contribution is -2.40. The van der Waals surface area contributed by atoms with Crippen molar-refractivity contribution in [3.8, 4) is 0 Å². The first kappa shape index (κ1) is 14.1. The topological polar surface area (TPSA) is 61.4 Å². The SMILES string of the molecule is O=C(NCC1CC1)NC(CO)c1ccc(Cl)c(F)c1. The van der Waals surface area contributed by atoms with E-state index in [0.29, 0.717) is 18.0 Å². The van der Waals surface area contributed by atoms with E-state index in [0.717, 1.165) is 12.8 Å². The smallest absolute Gasteiger partial charge is 0.315 e. The zero-order valence-corrected chi connectivity index (χ0v) is 11.1. The van der Waals surface area contributed by atoms with Gasteiger partial charge in [-0.15, -0.1) is 0 Å². The second-order valence-electron chi connectivity index (χ2n) is 4.71. The minimum atomic E-state index is -0.647. The van der Waals surface area contributed by atoms with Crippen LogP contribution in [0.5, 0.6) is 0 Å². The third kappa shape index (κ3) is 4.08. The summed E-state index contributed by atoms with van der Waals surface area (Å²) in [4.78, 5) is 11.6. The fourth-order valence-electron chi connectivity index (χ4n) is 1.73. The number of hydrogen-bond acceptors (Lipinski definition) is 2. The average Bonchev–Trinajstić information content (AvgIpc) is 3.21. The summed E-state index contributed by atoms with van der Waals surface area (Å²) in [6.45, 7) is 0.330. The molecule has 0 spiro atoms. The van der Waals surface area contributed by atoms with E-state index < -0.39 is 11.9 Å². The Morgan fingerprint density at radius 2 is 2.26 bits per heavy atom. The molecule has 1 fully saturated rings. The minimum absolute atomic E-state index is 0.0126. The second kappa shape index (κ2) is 6.21. The van der Waals surface area contributed by atoms with Crippen LogP contribution in [0.4, 0.5) is 9.18 Å². The molecule has 1 atom stereocenters. The number of benzene rings is 1. The van der Waals surface area contributed by atoms with E-state index in [1.165, 1.54) is 12.1 Å². The molecular formula is C13H16ClFN2O2. The summed E-state index contributed by atoms with van der Waals surface area (Å²) in [6.07, 6.45) is 2.29. The summed E-state index contributed by atoms with van der Waals surface area (Å²) >= 11 is 5.59. The van der Waals surface area contributed by atoms with Crippen molar-refractivity contribution in [1.82, 2.24) is 10.6 Å². The van der Waals surface area contributed by atoms with E-state index in [1.807, 2.05) is 0 Å². The quantitative estimate of drug-likeness (QED) is 0.777. The van der Waals surface area contributed by atoms with Crippen LogP contribution in [0, 0.1) is 11.7 Å². The van der Waals surface area contributed by atoms with Gasteiger partial charge in [-0.1, -0.05) is 17.7 Å². The van der Waals surface area contributed by atoms with Crippen molar-refractivity contribution >= 4 is 17.6 Å². The number of urea groups is 1. The van der Waals surface area contributed by atoms with Gasteiger partial charge in [-0.25, -0.2) is 9.18 Å². The normalized spacial score (nSPS) is 15.9. The van der Waals surface area contributed by atoms with Crippen LogP contribution in [-0.4, -0.2) is 24.3 Å². The number of amides is 2. The lowest BCUT2D eigenvalue weighted by atomic mass is 10.1. The minimum Gasteiger partial charge on any atom is -0.394 e. The predicted octanol–water partition coefficient (Wildman–Crippen LogP) is 2.22. The Morgan fingerprint density at radius 3 is 2.84 bits per heavy atom. The molecule has 2 rings (SSSR count). The van der Waals surface area contributed by atoms with Crippen LogP contribution >= 0.6 is 11.6 Å². The number of aliphatic hydroxyl groups is 1.